The van der Waals surface area contributed by atoms with Crippen molar-refractivity contribution in [2.45, 2.75) is 44.6 Å². The van der Waals surface area contributed by atoms with Crippen molar-refractivity contribution >= 4 is 35.2 Å². The summed E-state index contributed by atoms with van der Waals surface area (Å²) in [4.78, 5) is 54.4. The van der Waals surface area contributed by atoms with Crippen LogP contribution in [0.2, 0.25) is 5.02 Å². The van der Waals surface area contributed by atoms with Crippen molar-refractivity contribution in [3.63, 3.8) is 0 Å². The van der Waals surface area contributed by atoms with Gasteiger partial charge in [-0.3, -0.25) is 19.2 Å². The van der Waals surface area contributed by atoms with Crippen LogP contribution in [0, 0.1) is 0 Å². The molecule has 2 aromatic rings. The molecule has 0 aliphatic carbocycles. The molecule has 2 heterocycles. The molecule has 2 N–H and O–H groups in total. The fraction of sp³-hybridized carbons (Fsp3) is 0.448. The summed E-state index contributed by atoms with van der Waals surface area (Å²) in [5.74, 6) is -0.303. The Morgan fingerprint density at radius 3 is 2.62 bits per heavy atom. The minimum atomic E-state index is -0.407. The molecule has 2 aliphatic rings. The van der Waals surface area contributed by atoms with Gasteiger partial charge in [0.25, 0.3) is 5.91 Å². The fourth-order valence-electron chi connectivity index (χ4n) is 4.84. The molecule has 0 saturated carbocycles. The Kier molecular flexibility index (Phi) is 10.2. The molecule has 2 aromatic carbocycles. The third kappa shape index (κ3) is 8.45. The van der Waals surface area contributed by atoms with Crippen LogP contribution in [-0.2, 0) is 20.8 Å². The maximum atomic E-state index is 13.2. The van der Waals surface area contributed by atoms with Crippen LogP contribution in [-0.4, -0.2) is 78.8 Å². The summed E-state index contributed by atoms with van der Waals surface area (Å²) >= 11 is 6.16. The van der Waals surface area contributed by atoms with E-state index in [-0.39, 0.29) is 43.2 Å². The number of hydrogen-bond donors (Lipinski definition) is 2. The minimum Gasteiger partial charge on any atom is -0.491 e. The van der Waals surface area contributed by atoms with Crippen LogP contribution in [0.15, 0.2) is 48.5 Å². The first-order valence-corrected chi connectivity index (χ1v) is 13.9. The Hall–Kier alpha value is -3.59. The second-order valence-corrected chi connectivity index (χ2v) is 10.4. The van der Waals surface area contributed by atoms with Gasteiger partial charge in [-0.1, -0.05) is 41.9 Å². The van der Waals surface area contributed by atoms with Crippen molar-refractivity contribution in [3.8, 4) is 5.75 Å². The number of rotatable bonds is 5. The van der Waals surface area contributed by atoms with Crippen LogP contribution in [0.5, 0.6) is 5.75 Å². The molecule has 1 saturated heterocycles. The summed E-state index contributed by atoms with van der Waals surface area (Å²) in [6.07, 6.45) is 3.23. The number of ether oxygens (including phenoxy) is 1. The van der Waals surface area contributed by atoms with Crippen LogP contribution < -0.4 is 15.4 Å². The van der Waals surface area contributed by atoms with E-state index in [1.54, 1.807) is 28.0 Å². The molecule has 0 spiro atoms. The Labute approximate surface area is 233 Å². The van der Waals surface area contributed by atoms with E-state index in [2.05, 4.69) is 10.6 Å². The smallest absolute Gasteiger partial charge is 0.255 e. The number of carbonyl (C=O) groups is 4. The van der Waals surface area contributed by atoms with E-state index in [9.17, 15) is 19.2 Å². The molecule has 208 valence electrons. The number of amides is 4. The van der Waals surface area contributed by atoms with Crippen LogP contribution in [0.4, 0.5) is 0 Å². The summed E-state index contributed by atoms with van der Waals surface area (Å²) < 4.78 is 6.05. The lowest BCUT2D eigenvalue weighted by Crippen LogP contribution is -2.47. The quantitative estimate of drug-likeness (QED) is 0.591. The maximum Gasteiger partial charge on any atom is 0.255 e. The molecule has 9 nitrogen and oxygen atoms in total. The summed E-state index contributed by atoms with van der Waals surface area (Å²) in [5, 5.41) is 6.35. The highest BCUT2D eigenvalue weighted by Gasteiger charge is 2.24. The van der Waals surface area contributed by atoms with Crippen LogP contribution in [0.25, 0.3) is 0 Å². The standard InChI is InChI=1S/C29H35ClN4O5/c30-22-10-11-25-24(18-22)29(38)31-13-4-5-14-34(28(37)12-16-33-15-6-9-27(33)36)19-26(35)32-23(20-39-25)17-21-7-2-1-3-8-21/h1-3,7-8,10-11,18,23H,4-6,9,12-17,19-20H2,(H,31,38)(H,32,35)/t23-/m0/s1. The van der Waals surface area contributed by atoms with E-state index < -0.39 is 6.04 Å². The van der Waals surface area contributed by atoms with Crippen molar-refractivity contribution in [1.29, 1.82) is 0 Å². The highest BCUT2D eigenvalue weighted by atomic mass is 35.5. The molecule has 0 radical (unpaired) electrons. The van der Waals surface area contributed by atoms with E-state index in [0.29, 0.717) is 68.2 Å². The normalized spacial score (nSPS) is 19.3. The Morgan fingerprint density at radius 1 is 1.03 bits per heavy atom. The maximum absolute atomic E-state index is 13.2. The number of carbonyl (C=O) groups excluding carboxylic acids is 4. The summed E-state index contributed by atoms with van der Waals surface area (Å²) in [7, 11) is 0. The van der Waals surface area contributed by atoms with E-state index in [1.807, 2.05) is 30.3 Å². The van der Waals surface area contributed by atoms with Gasteiger partial charge in [-0.05, 0) is 49.4 Å². The highest BCUT2D eigenvalue weighted by Crippen LogP contribution is 2.23. The third-order valence-corrected chi connectivity index (χ3v) is 7.15. The zero-order chi connectivity index (χ0) is 27.6. The zero-order valence-corrected chi connectivity index (χ0v) is 22.8. The first kappa shape index (κ1) is 28.4. The number of nitrogens with zero attached hydrogens (tertiary/aromatic N) is 2. The topological polar surface area (TPSA) is 108 Å². The zero-order valence-electron chi connectivity index (χ0n) is 22.0. The van der Waals surface area contributed by atoms with Gasteiger partial charge in [-0.2, -0.15) is 0 Å². The lowest BCUT2D eigenvalue weighted by Gasteiger charge is -2.26. The minimum absolute atomic E-state index is 0.0689. The van der Waals surface area contributed by atoms with E-state index in [0.717, 1.165) is 12.0 Å². The number of nitrogens with one attached hydrogen (secondary N) is 2. The molecule has 0 aromatic heterocycles. The van der Waals surface area contributed by atoms with Crippen LogP contribution >= 0.6 is 11.6 Å². The van der Waals surface area contributed by atoms with Crippen molar-refractivity contribution in [1.82, 2.24) is 20.4 Å². The summed E-state index contributed by atoms with van der Waals surface area (Å²) in [6, 6.07) is 14.2. The molecule has 1 fully saturated rings. The first-order valence-electron chi connectivity index (χ1n) is 13.5. The highest BCUT2D eigenvalue weighted by molar-refractivity contribution is 6.31. The fourth-order valence-corrected chi connectivity index (χ4v) is 5.01. The van der Waals surface area contributed by atoms with Gasteiger partial charge in [0.1, 0.15) is 12.4 Å². The van der Waals surface area contributed by atoms with Gasteiger partial charge in [-0.15, -0.1) is 0 Å². The molecule has 1 atom stereocenters. The number of fused-ring (bicyclic) bond motifs is 1. The van der Waals surface area contributed by atoms with Crippen LogP contribution in [0.1, 0.15) is 48.0 Å². The van der Waals surface area contributed by atoms with E-state index in [4.69, 9.17) is 16.3 Å². The number of hydrogen-bond acceptors (Lipinski definition) is 5. The van der Waals surface area contributed by atoms with Crippen molar-refractivity contribution < 1.29 is 23.9 Å². The Bertz CT molecular complexity index is 1180. The molecule has 4 rings (SSSR count). The summed E-state index contributed by atoms with van der Waals surface area (Å²) in [6.45, 7) is 1.83. The Balaban J connectivity index is 1.50. The molecule has 0 unspecified atom stereocenters. The van der Waals surface area contributed by atoms with Gasteiger partial charge in [0, 0.05) is 44.0 Å². The lowest BCUT2D eigenvalue weighted by atomic mass is 10.1. The van der Waals surface area contributed by atoms with Gasteiger partial charge in [0.2, 0.25) is 17.7 Å². The SMILES string of the molecule is O=C1CN(C(=O)CCN2CCCC2=O)CCCCNC(=O)c2cc(Cl)ccc2OC[C@H](Cc2ccccc2)N1. The third-order valence-electron chi connectivity index (χ3n) is 6.91. The number of likely N-dealkylation sites (tertiary alicyclic amines) is 1. The average Bonchev–Trinajstić information content (AvgIpc) is 3.34. The molecule has 4 amide bonds. The van der Waals surface area contributed by atoms with Crippen molar-refractivity contribution in [2.24, 2.45) is 0 Å². The van der Waals surface area contributed by atoms with E-state index in [1.165, 1.54) is 0 Å². The predicted octanol–water partition coefficient (Wildman–Crippen LogP) is 2.81. The lowest BCUT2D eigenvalue weighted by molar-refractivity contribution is -0.137. The summed E-state index contributed by atoms with van der Waals surface area (Å²) in [5.41, 5.74) is 1.34. The molecule has 39 heavy (non-hydrogen) atoms. The van der Waals surface area contributed by atoms with Crippen molar-refractivity contribution in [2.75, 3.05) is 39.3 Å². The second-order valence-electron chi connectivity index (χ2n) is 9.92. The number of benzene rings is 2. The first-order chi connectivity index (χ1) is 18.9. The van der Waals surface area contributed by atoms with Gasteiger partial charge < -0.3 is 25.2 Å². The molecular weight excluding hydrogens is 520 g/mol. The Morgan fingerprint density at radius 2 is 1.85 bits per heavy atom. The molecule has 2 aliphatic heterocycles. The number of halogens is 1. The largest absolute Gasteiger partial charge is 0.491 e. The van der Waals surface area contributed by atoms with Gasteiger partial charge in [0.05, 0.1) is 18.2 Å². The molecule has 0 bridgehead atoms. The molecule has 10 heteroatoms. The van der Waals surface area contributed by atoms with Gasteiger partial charge in [0.15, 0.2) is 0 Å². The van der Waals surface area contributed by atoms with E-state index >= 15 is 0 Å². The van der Waals surface area contributed by atoms with Gasteiger partial charge >= 0.3 is 0 Å². The second kappa shape index (κ2) is 14.0. The van der Waals surface area contributed by atoms with Gasteiger partial charge in [-0.25, -0.2) is 0 Å². The monoisotopic (exact) mass is 554 g/mol. The molecular formula is C29H35ClN4O5. The van der Waals surface area contributed by atoms with Crippen molar-refractivity contribution in [3.05, 3.63) is 64.7 Å². The average molecular weight is 555 g/mol. The predicted molar refractivity (Wildman–Crippen MR) is 148 cm³/mol. The van der Waals surface area contributed by atoms with Crippen LogP contribution in [0.3, 0.4) is 0 Å².